The van der Waals surface area contributed by atoms with E-state index in [-0.39, 0.29) is 12.3 Å². The van der Waals surface area contributed by atoms with E-state index in [1.54, 1.807) is 12.1 Å². The molecule has 0 spiro atoms. The van der Waals surface area contributed by atoms with Gasteiger partial charge in [-0.15, -0.1) is 0 Å². The molecule has 0 bridgehead atoms. The molecule has 6 heteroatoms. The lowest BCUT2D eigenvalue weighted by molar-refractivity contribution is -0.384. The summed E-state index contributed by atoms with van der Waals surface area (Å²) in [5, 5.41) is 20.2. The Morgan fingerprint density at radius 1 is 1.45 bits per heavy atom. The molecule has 1 saturated carbocycles. The molecule has 6 nitrogen and oxygen atoms in total. The third-order valence-corrected chi connectivity index (χ3v) is 3.71. The molecule has 1 aliphatic rings. The number of carbonyl (C=O) groups excluding carboxylic acids is 1. The molecule has 0 radical (unpaired) electrons. The zero-order chi connectivity index (χ0) is 14.5. The maximum absolute atomic E-state index is 11.2. The van der Waals surface area contributed by atoms with Crippen LogP contribution in [0.15, 0.2) is 18.2 Å². The molecule has 0 saturated heterocycles. The second kappa shape index (κ2) is 6.47. The normalized spacial score (nSPS) is 14.7. The first-order valence-electron chi connectivity index (χ1n) is 6.78. The first-order valence-corrected chi connectivity index (χ1v) is 6.78. The van der Waals surface area contributed by atoms with Crippen molar-refractivity contribution in [3.05, 3.63) is 33.9 Å². The molecular weight excluding hydrogens is 260 g/mol. The summed E-state index contributed by atoms with van der Waals surface area (Å²) >= 11 is 0. The molecule has 108 valence electrons. The van der Waals surface area contributed by atoms with Crippen molar-refractivity contribution in [3.63, 3.8) is 0 Å². The molecule has 0 aromatic heterocycles. The van der Waals surface area contributed by atoms with Crippen molar-refractivity contribution in [2.75, 3.05) is 18.1 Å². The summed E-state index contributed by atoms with van der Waals surface area (Å²) in [5.74, 6) is 0. The highest BCUT2D eigenvalue weighted by atomic mass is 16.6. The molecule has 0 unspecified atom stereocenters. The third kappa shape index (κ3) is 2.96. The first kappa shape index (κ1) is 14.5. The van der Waals surface area contributed by atoms with Gasteiger partial charge in [-0.2, -0.15) is 0 Å². The maximum atomic E-state index is 11.2. The molecule has 1 aromatic carbocycles. The molecule has 0 atom stereocenters. The zero-order valence-electron chi connectivity index (χ0n) is 11.2. The molecule has 1 aliphatic carbocycles. The van der Waals surface area contributed by atoms with E-state index in [9.17, 15) is 14.9 Å². The Hall–Kier alpha value is -1.95. The number of anilines is 1. The largest absolute Gasteiger partial charge is 0.396 e. The van der Waals surface area contributed by atoms with Gasteiger partial charge >= 0.3 is 0 Å². The second-order valence-corrected chi connectivity index (χ2v) is 4.98. The molecular formula is C14H18N2O4. The average molecular weight is 278 g/mol. The van der Waals surface area contributed by atoms with E-state index in [4.69, 9.17) is 5.11 Å². The van der Waals surface area contributed by atoms with E-state index in [2.05, 4.69) is 0 Å². The highest BCUT2D eigenvalue weighted by Gasteiger charge is 2.29. The van der Waals surface area contributed by atoms with Crippen molar-refractivity contribution in [1.29, 1.82) is 0 Å². The number of nitro benzene ring substituents is 1. The lowest BCUT2D eigenvalue weighted by Crippen LogP contribution is -2.41. The van der Waals surface area contributed by atoms with E-state index in [1.165, 1.54) is 6.07 Å². The van der Waals surface area contributed by atoms with Crippen LogP contribution >= 0.6 is 0 Å². The Kier molecular flexibility index (Phi) is 4.68. The van der Waals surface area contributed by atoms with Gasteiger partial charge in [-0.3, -0.25) is 14.9 Å². The Bertz CT molecular complexity index is 500. The number of nitrogens with zero attached hydrogens (tertiary/aromatic N) is 2. The number of rotatable bonds is 7. The summed E-state index contributed by atoms with van der Waals surface area (Å²) in [4.78, 5) is 23.5. The molecule has 1 N–H and O–H groups in total. The van der Waals surface area contributed by atoms with Gasteiger partial charge in [0.2, 0.25) is 0 Å². The highest BCUT2D eigenvalue weighted by Crippen LogP contribution is 2.35. The summed E-state index contributed by atoms with van der Waals surface area (Å²) < 4.78 is 0. The lowest BCUT2D eigenvalue weighted by atomic mass is 9.90. The Balaban J connectivity index is 2.35. The van der Waals surface area contributed by atoms with Crippen molar-refractivity contribution in [2.45, 2.75) is 31.7 Å². The van der Waals surface area contributed by atoms with Crippen LogP contribution < -0.4 is 4.90 Å². The minimum Gasteiger partial charge on any atom is -0.396 e. The molecule has 0 heterocycles. The number of carbonyl (C=O) groups is 1. The topological polar surface area (TPSA) is 83.7 Å². The van der Waals surface area contributed by atoms with Gasteiger partial charge in [-0.05, 0) is 37.8 Å². The Morgan fingerprint density at radius 3 is 2.70 bits per heavy atom. The summed E-state index contributed by atoms with van der Waals surface area (Å²) in [7, 11) is 0. The van der Waals surface area contributed by atoms with Crippen LogP contribution in [0.25, 0.3) is 0 Å². The summed E-state index contributed by atoms with van der Waals surface area (Å²) in [6.07, 6.45) is 4.33. The number of nitro groups is 1. The van der Waals surface area contributed by atoms with Crippen LogP contribution in [0.2, 0.25) is 0 Å². The number of aldehydes is 1. The zero-order valence-corrected chi connectivity index (χ0v) is 11.2. The van der Waals surface area contributed by atoms with Crippen molar-refractivity contribution >= 4 is 17.7 Å². The minimum absolute atomic E-state index is 0.0422. The third-order valence-electron chi connectivity index (χ3n) is 3.71. The number of aliphatic hydroxyl groups is 1. The predicted molar refractivity (Wildman–Crippen MR) is 75.2 cm³/mol. The molecule has 1 aromatic rings. The second-order valence-electron chi connectivity index (χ2n) is 4.98. The quantitative estimate of drug-likeness (QED) is 0.469. The molecule has 1 fully saturated rings. The number of aliphatic hydroxyl groups excluding tert-OH is 1. The maximum Gasteiger partial charge on any atom is 0.293 e. The number of hydrogen-bond donors (Lipinski definition) is 1. The van der Waals surface area contributed by atoms with Gasteiger partial charge in [0.1, 0.15) is 12.0 Å². The number of benzene rings is 1. The highest BCUT2D eigenvalue weighted by molar-refractivity contribution is 5.79. The standard InChI is InChI=1S/C14H18N2O4/c17-8-2-7-15(12-3-1-4-12)13-6-5-11(10-18)9-14(13)16(19)20/h5-6,9-10,12,17H,1-4,7-8H2. The van der Waals surface area contributed by atoms with Gasteiger partial charge in [0, 0.05) is 30.8 Å². The van der Waals surface area contributed by atoms with Crippen LogP contribution in [0.3, 0.4) is 0 Å². The van der Waals surface area contributed by atoms with Crippen molar-refractivity contribution in [2.24, 2.45) is 0 Å². The van der Waals surface area contributed by atoms with E-state index < -0.39 is 4.92 Å². The first-order chi connectivity index (χ1) is 9.67. The fraction of sp³-hybridized carbons (Fsp3) is 0.500. The van der Waals surface area contributed by atoms with Gasteiger partial charge in [-0.1, -0.05) is 0 Å². The van der Waals surface area contributed by atoms with Gasteiger partial charge in [-0.25, -0.2) is 0 Å². The van der Waals surface area contributed by atoms with E-state index in [0.717, 1.165) is 19.3 Å². The Labute approximate surface area is 117 Å². The Morgan fingerprint density at radius 2 is 2.20 bits per heavy atom. The molecule has 0 amide bonds. The van der Waals surface area contributed by atoms with Crippen LogP contribution in [-0.4, -0.2) is 35.5 Å². The molecule has 0 aliphatic heterocycles. The van der Waals surface area contributed by atoms with Crippen LogP contribution in [0.1, 0.15) is 36.0 Å². The van der Waals surface area contributed by atoms with Crippen LogP contribution in [0, 0.1) is 10.1 Å². The van der Waals surface area contributed by atoms with Crippen molar-refractivity contribution in [3.8, 4) is 0 Å². The SMILES string of the molecule is O=Cc1ccc(N(CCCO)C2CCC2)c([N+](=O)[O-])c1. The van der Waals surface area contributed by atoms with Crippen molar-refractivity contribution < 1.29 is 14.8 Å². The van der Waals surface area contributed by atoms with E-state index >= 15 is 0 Å². The fourth-order valence-electron chi connectivity index (χ4n) is 2.44. The monoisotopic (exact) mass is 278 g/mol. The van der Waals surface area contributed by atoms with Gasteiger partial charge < -0.3 is 10.0 Å². The van der Waals surface area contributed by atoms with Crippen molar-refractivity contribution in [1.82, 2.24) is 0 Å². The summed E-state index contributed by atoms with van der Waals surface area (Å²) in [6, 6.07) is 4.84. The minimum atomic E-state index is -0.451. The van der Waals surface area contributed by atoms with E-state index in [0.29, 0.717) is 36.5 Å². The van der Waals surface area contributed by atoms with Crippen LogP contribution in [-0.2, 0) is 0 Å². The lowest BCUT2D eigenvalue weighted by Gasteiger charge is -2.39. The summed E-state index contributed by atoms with van der Waals surface area (Å²) in [5.41, 5.74) is 0.800. The fourth-order valence-corrected chi connectivity index (χ4v) is 2.44. The predicted octanol–water partition coefficient (Wildman–Crippen LogP) is 2.15. The summed E-state index contributed by atoms with van der Waals surface area (Å²) in [6.45, 7) is 0.645. The van der Waals surface area contributed by atoms with Crippen LogP contribution in [0.4, 0.5) is 11.4 Å². The van der Waals surface area contributed by atoms with Gasteiger partial charge in [0.05, 0.1) is 4.92 Å². The van der Waals surface area contributed by atoms with Gasteiger partial charge in [0.15, 0.2) is 0 Å². The average Bonchev–Trinajstić information content (AvgIpc) is 2.40. The smallest absolute Gasteiger partial charge is 0.293 e. The van der Waals surface area contributed by atoms with Gasteiger partial charge in [0.25, 0.3) is 5.69 Å². The van der Waals surface area contributed by atoms with E-state index in [1.807, 2.05) is 4.90 Å². The number of hydrogen-bond acceptors (Lipinski definition) is 5. The van der Waals surface area contributed by atoms with Crippen LogP contribution in [0.5, 0.6) is 0 Å². The molecule has 2 rings (SSSR count). The molecule has 20 heavy (non-hydrogen) atoms.